The summed E-state index contributed by atoms with van der Waals surface area (Å²) in [6.07, 6.45) is 2.03. The number of halogens is 1. The highest BCUT2D eigenvalue weighted by Crippen LogP contribution is 2.27. The summed E-state index contributed by atoms with van der Waals surface area (Å²) in [6, 6.07) is 13.2. The van der Waals surface area contributed by atoms with Gasteiger partial charge in [0.2, 0.25) is 6.01 Å². The number of aryl methyl sites for hydroxylation is 1. The van der Waals surface area contributed by atoms with Crippen molar-refractivity contribution in [1.29, 1.82) is 0 Å². The molecule has 3 nitrogen and oxygen atoms in total. The molecular weight excluding hydrogens is 291 g/mol. The van der Waals surface area contributed by atoms with Crippen LogP contribution in [0.1, 0.15) is 18.9 Å². The summed E-state index contributed by atoms with van der Waals surface area (Å²) in [5.74, 6) is 0.115. The lowest BCUT2D eigenvalue weighted by Crippen LogP contribution is -2.10. The Labute approximate surface area is 124 Å². The lowest BCUT2D eigenvalue weighted by molar-refractivity contribution is 0.451. The zero-order valence-corrected chi connectivity index (χ0v) is 12.6. The fourth-order valence-corrected chi connectivity index (χ4v) is 2.60. The number of benzene rings is 2. The van der Waals surface area contributed by atoms with Gasteiger partial charge < -0.3 is 4.18 Å². The molecule has 0 fully saturated rings. The standard InChI is InChI=1S/C16H17FO3S/c1-2-5-13-6-3-4-7-16(13)14-8-10-15(11-9-14)20-21(18,19)12-17/h3-4,6-11H,2,5,12H2,1H3. The second-order valence-electron chi connectivity index (χ2n) is 4.68. The van der Waals surface area contributed by atoms with E-state index in [9.17, 15) is 12.8 Å². The van der Waals surface area contributed by atoms with E-state index < -0.39 is 16.1 Å². The Morgan fingerprint density at radius 1 is 1.05 bits per heavy atom. The Bertz CT molecular complexity index is 694. The highest BCUT2D eigenvalue weighted by molar-refractivity contribution is 7.86. The summed E-state index contributed by atoms with van der Waals surface area (Å²) in [5.41, 5.74) is 3.33. The Balaban J connectivity index is 2.27. The van der Waals surface area contributed by atoms with E-state index in [1.807, 2.05) is 18.2 Å². The van der Waals surface area contributed by atoms with E-state index in [4.69, 9.17) is 0 Å². The molecule has 0 aromatic heterocycles. The first-order valence-electron chi connectivity index (χ1n) is 6.72. The van der Waals surface area contributed by atoms with Gasteiger partial charge in [-0.05, 0) is 35.2 Å². The van der Waals surface area contributed by atoms with Gasteiger partial charge in [0.25, 0.3) is 0 Å². The van der Waals surface area contributed by atoms with Crippen LogP contribution in [0.2, 0.25) is 0 Å². The molecule has 0 aliphatic rings. The van der Waals surface area contributed by atoms with Crippen molar-refractivity contribution in [3.8, 4) is 16.9 Å². The summed E-state index contributed by atoms with van der Waals surface area (Å²) in [5, 5.41) is 0. The fraction of sp³-hybridized carbons (Fsp3) is 0.250. The molecule has 2 aromatic rings. The van der Waals surface area contributed by atoms with Crippen LogP contribution in [-0.4, -0.2) is 14.4 Å². The summed E-state index contributed by atoms with van der Waals surface area (Å²) in [4.78, 5) is 0. The van der Waals surface area contributed by atoms with Crippen LogP contribution < -0.4 is 4.18 Å². The Morgan fingerprint density at radius 2 is 1.71 bits per heavy atom. The summed E-state index contributed by atoms with van der Waals surface area (Å²) < 4.78 is 39.0. The largest absolute Gasteiger partial charge is 0.381 e. The van der Waals surface area contributed by atoms with E-state index in [2.05, 4.69) is 17.2 Å². The van der Waals surface area contributed by atoms with Crippen molar-refractivity contribution in [3.05, 3.63) is 54.1 Å². The van der Waals surface area contributed by atoms with E-state index in [-0.39, 0.29) is 5.75 Å². The van der Waals surface area contributed by atoms with Crippen LogP contribution in [0, 0.1) is 0 Å². The zero-order chi connectivity index (χ0) is 15.3. The van der Waals surface area contributed by atoms with Crippen molar-refractivity contribution in [2.24, 2.45) is 0 Å². The van der Waals surface area contributed by atoms with E-state index in [1.54, 1.807) is 12.1 Å². The topological polar surface area (TPSA) is 43.4 Å². The molecule has 112 valence electrons. The molecule has 0 saturated heterocycles. The molecule has 0 unspecified atom stereocenters. The number of hydrogen-bond donors (Lipinski definition) is 0. The first kappa shape index (κ1) is 15.5. The minimum Gasteiger partial charge on any atom is -0.381 e. The molecule has 0 aliphatic carbocycles. The van der Waals surface area contributed by atoms with Gasteiger partial charge in [0.1, 0.15) is 5.75 Å². The first-order valence-corrected chi connectivity index (χ1v) is 8.30. The molecule has 0 amide bonds. The summed E-state index contributed by atoms with van der Waals surface area (Å²) >= 11 is 0. The van der Waals surface area contributed by atoms with Gasteiger partial charge in [-0.15, -0.1) is 0 Å². The van der Waals surface area contributed by atoms with Crippen molar-refractivity contribution in [3.63, 3.8) is 0 Å². The van der Waals surface area contributed by atoms with Gasteiger partial charge in [0.15, 0.2) is 0 Å². The van der Waals surface area contributed by atoms with Gasteiger partial charge in [-0.1, -0.05) is 49.7 Å². The van der Waals surface area contributed by atoms with Crippen LogP contribution in [0.3, 0.4) is 0 Å². The van der Waals surface area contributed by atoms with Crippen molar-refractivity contribution in [1.82, 2.24) is 0 Å². The molecule has 0 radical (unpaired) electrons. The van der Waals surface area contributed by atoms with Crippen molar-refractivity contribution in [2.45, 2.75) is 19.8 Å². The van der Waals surface area contributed by atoms with Gasteiger partial charge in [-0.25, -0.2) is 4.39 Å². The molecule has 5 heteroatoms. The lowest BCUT2D eigenvalue weighted by Gasteiger charge is -2.10. The third kappa shape index (κ3) is 4.04. The highest BCUT2D eigenvalue weighted by Gasteiger charge is 2.12. The van der Waals surface area contributed by atoms with Crippen LogP contribution in [0.25, 0.3) is 11.1 Å². The molecule has 0 N–H and O–H groups in total. The van der Waals surface area contributed by atoms with E-state index in [0.717, 1.165) is 24.0 Å². The maximum Gasteiger partial charge on any atom is 0.339 e. The van der Waals surface area contributed by atoms with Crippen molar-refractivity contribution < 1.29 is 17.0 Å². The van der Waals surface area contributed by atoms with Crippen LogP contribution in [0.5, 0.6) is 5.75 Å². The molecule has 0 spiro atoms. The second-order valence-corrected chi connectivity index (χ2v) is 6.18. The van der Waals surface area contributed by atoms with Gasteiger partial charge in [-0.3, -0.25) is 0 Å². The summed E-state index contributed by atoms with van der Waals surface area (Å²) in [6.45, 7) is 2.12. The number of alkyl halides is 1. The third-order valence-electron chi connectivity index (χ3n) is 3.06. The van der Waals surface area contributed by atoms with Crippen molar-refractivity contribution >= 4 is 10.1 Å². The van der Waals surface area contributed by atoms with Gasteiger partial charge in [-0.2, -0.15) is 8.42 Å². The quantitative estimate of drug-likeness (QED) is 0.759. The van der Waals surface area contributed by atoms with Crippen molar-refractivity contribution in [2.75, 3.05) is 6.01 Å². The van der Waals surface area contributed by atoms with Crippen LogP contribution in [0.15, 0.2) is 48.5 Å². The Hall–Kier alpha value is -1.88. The normalized spacial score (nSPS) is 11.3. The highest BCUT2D eigenvalue weighted by atomic mass is 32.2. The zero-order valence-electron chi connectivity index (χ0n) is 11.8. The average molecular weight is 308 g/mol. The van der Waals surface area contributed by atoms with Crippen LogP contribution >= 0.6 is 0 Å². The number of hydrogen-bond acceptors (Lipinski definition) is 3. The Morgan fingerprint density at radius 3 is 2.33 bits per heavy atom. The maximum atomic E-state index is 12.2. The molecular formula is C16H17FO3S. The van der Waals surface area contributed by atoms with Crippen LogP contribution in [0.4, 0.5) is 4.39 Å². The van der Waals surface area contributed by atoms with E-state index in [1.165, 1.54) is 17.7 Å². The average Bonchev–Trinajstić information content (AvgIpc) is 2.49. The first-order chi connectivity index (χ1) is 10.1. The molecule has 0 atom stereocenters. The lowest BCUT2D eigenvalue weighted by atomic mass is 9.97. The minimum atomic E-state index is -4.13. The predicted molar refractivity (Wildman–Crippen MR) is 81.4 cm³/mol. The molecule has 21 heavy (non-hydrogen) atoms. The van der Waals surface area contributed by atoms with Gasteiger partial charge in [0, 0.05) is 0 Å². The fourth-order valence-electron chi connectivity index (χ4n) is 2.15. The van der Waals surface area contributed by atoms with E-state index >= 15 is 0 Å². The molecule has 0 bridgehead atoms. The van der Waals surface area contributed by atoms with Gasteiger partial charge >= 0.3 is 10.1 Å². The minimum absolute atomic E-state index is 0.115. The third-order valence-corrected chi connectivity index (χ3v) is 3.77. The molecule has 0 aliphatic heterocycles. The molecule has 0 heterocycles. The molecule has 2 aromatic carbocycles. The maximum absolute atomic E-state index is 12.2. The Kier molecular flexibility index (Phi) is 4.96. The van der Waals surface area contributed by atoms with Crippen LogP contribution in [-0.2, 0) is 16.5 Å². The van der Waals surface area contributed by atoms with E-state index in [0.29, 0.717) is 0 Å². The SMILES string of the molecule is CCCc1ccccc1-c1ccc(OS(=O)(=O)CF)cc1. The molecule has 0 saturated carbocycles. The second kappa shape index (κ2) is 6.72. The summed E-state index contributed by atoms with van der Waals surface area (Å²) in [7, 11) is -4.13. The molecule has 2 rings (SSSR count). The smallest absolute Gasteiger partial charge is 0.339 e. The predicted octanol–water partition coefficient (Wildman–Crippen LogP) is 3.94. The number of rotatable bonds is 6. The van der Waals surface area contributed by atoms with Gasteiger partial charge in [0.05, 0.1) is 0 Å². The monoisotopic (exact) mass is 308 g/mol.